The minimum atomic E-state index is -0.864. The van der Waals surface area contributed by atoms with Crippen LogP contribution in [0.5, 0.6) is 0 Å². The maximum atomic E-state index is 10.7. The fraction of sp³-hybridized carbons (Fsp3) is 0.800. The molecule has 0 aromatic rings. The van der Waals surface area contributed by atoms with Crippen molar-refractivity contribution in [1.82, 2.24) is 0 Å². The van der Waals surface area contributed by atoms with Crippen LogP contribution >= 0.6 is 0 Å². The second kappa shape index (κ2) is 12.6. The number of methoxy groups -OCH3 is 1. The molecule has 0 aromatic carbocycles. The molecule has 0 aliphatic heterocycles. The van der Waals surface area contributed by atoms with Gasteiger partial charge in [0.1, 0.15) is 0 Å². The number of carboxylic acids is 1. The zero-order chi connectivity index (χ0) is 13.6. The molecule has 0 fully saturated rings. The smallest absolute Gasteiger partial charge is 0.332 e. The molecule has 18 heavy (non-hydrogen) atoms. The van der Waals surface area contributed by atoms with Crippen LogP contribution in [0.25, 0.3) is 0 Å². The van der Waals surface area contributed by atoms with Gasteiger partial charge in [-0.05, 0) is 32.1 Å². The average molecular weight is 256 g/mol. The minimum Gasteiger partial charge on any atom is -0.479 e. The van der Waals surface area contributed by atoms with Crippen molar-refractivity contribution in [1.29, 1.82) is 0 Å². The van der Waals surface area contributed by atoms with Crippen LogP contribution in [0.1, 0.15) is 64.7 Å². The van der Waals surface area contributed by atoms with Crippen molar-refractivity contribution in [2.24, 2.45) is 0 Å². The van der Waals surface area contributed by atoms with E-state index in [9.17, 15) is 4.79 Å². The predicted molar refractivity (Wildman–Crippen MR) is 74.8 cm³/mol. The van der Waals surface area contributed by atoms with E-state index in [2.05, 4.69) is 19.1 Å². The fourth-order valence-corrected chi connectivity index (χ4v) is 1.86. The standard InChI is InChI=1S/C15H28O3/c1-3-4-5-6-7-8-9-10-11-12-13-14(18-2)15(16)17/h9-10,14H,3-8,11-13H2,1-2H3,(H,16,17). The summed E-state index contributed by atoms with van der Waals surface area (Å²) in [5, 5.41) is 8.77. The van der Waals surface area contributed by atoms with Gasteiger partial charge in [-0.3, -0.25) is 0 Å². The van der Waals surface area contributed by atoms with Crippen molar-refractivity contribution >= 4 is 5.97 Å². The van der Waals surface area contributed by atoms with Gasteiger partial charge in [0.25, 0.3) is 0 Å². The molecule has 0 rings (SSSR count). The van der Waals surface area contributed by atoms with Crippen molar-refractivity contribution in [3.63, 3.8) is 0 Å². The summed E-state index contributed by atoms with van der Waals surface area (Å²) in [6.07, 6.45) is 13.9. The van der Waals surface area contributed by atoms with E-state index < -0.39 is 12.1 Å². The SMILES string of the molecule is CCCCCCCC=CCCCC(OC)C(=O)O. The highest BCUT2D eigenvalue weighted by atomic mass is 16.5. The number of rotatable bonds is 12. The highest BCUT2D eigenvalue weighted by Gasteiger charge is 2.14. The number of carbonyl (C=O) groups is 1. The normalized spacial score (nSPS) is 13.0. The van der Waals surface area contributed by atoms with Crippen LogP contribution in [0.4, 0.5) is 0 Å². The fourth-order valence-electron chi connectivity index (χ4n) is 1.86. The summed E-state index contributed by atoms with van der Waals surface area (Å²) in [7, 11) is 1.45. The molecule has 3 heteroatoms. The Bertz CT molecular complexity index is 224. The molecule has 1 unspecified atom stereocenters. The summed E-state index contributed by atoms with van der Waals surface area (Å²) in [4.78, 5) is 10.7. The predicted octanol–water partition coefficient (Wildman–Crippen LogP) is 4.17. The first-order valence-electron chi connectivity index (χ1n) is 7.13. The van der Waals surface area contributed by atoms with Gasteiger partial charge in [-0.2, -0.15) is 0 Å². The highest BCUT2D eigenvalue weighted by Crippen LogP contribution is 2.08. The lowest BCUT2D eigenvalue weighted by atomic mass is 10.1. The van der Waals surface area contributed by atoms with Crippen LogP contribution in [0.3, 0.4) is 0 Å². The Morgan fingerprint density at radius 2 is 1.72 bits per heavy atom. The summed E-state index contributed by atoms with van der Waals surface area (Å²) >= 11 is 0. The van der Waals surface area contributed by atoms with Crippen LogP contribution in [0.15, 0.2) is 12.2 Å². The van der Waals surface area contributed by atoms with E-state index in [1.807, 2.05) is 0 Å². The maximum Gasteiger partial charge on any atom is 0.332 e. The van der Waals surface area contributed by atoms with Gasteiger partial charge in [-0.1, -0.05) is 44.8 Å². The Morgan fingerprint density at radius 3 is 2.28 bits per heavy atom. The van der Waals surface area contributed by atoms with Crippen molar-refractivity contribution < 1.29 is 14.6 Å². The summed E-state index contributed by atoms with van der Waals surface area (Å²) in [5.41, 5.74) is 0. The quantitative estimate of drug-likeness (QED) is 0.421. The molecule has 0 amide bonds. The van der Waals surface area contributed by atoms with Gasteiger partial charge >= 0.3 is 5.97 Å². The van der Waals surface area contributed by atoms with Gasteiger partial charge in [0.2, 0.25) is 0 Å². The van der Waals surface area contributed by atoms with Gasteiger partial charge in [0.05, 0.1) is 0 Å². The molecule has 0 saturated heterocycles. The number of unbranched alkanes of at least 4 members (excludes halogenated alkanes) is 6. The van der Waals surface area contributed by atoms with Crippen LogP contribution in [-0.2, 0) is 9.53 Å². The molecular weight excluding hydrogens is 228 g/mol. The lowest BCUT2D eigenvalue weighted by Crippen LogP contribution is -2.21. The van der Waals surface area contributed by atoms with Crippen LogP contribution in [0, 0.1) is 0 Å². The van der Waals surface area contributed by atoms with E-state index in [1.165, 1.54) is 39.2 Å². The Morgan fingerprint density at radius 1 is 1.11 bits per heavy atom. The van der Waals surface area contributed by atoms with Crippen molar-refractivity contribution in [2.45, 2.75) is 70.8 Å². The minimum absolute atomic E-state index is 0.590. The van der Waals surface area contributed by atoms with Gasteiger partial charge in [0.15, 0.2) is 6.10 Å². The Kier molecular flexibility index (Phi) is 12.0. The Hall–Kier alpha value is -0.830. The van der Waals surface area contributed by atoms with Crippen molar-refractivity contribution in [3.8, 4) is 0 Å². The molecule has 0 bridgehead atoms. The molecule has 3 nitrogen and oxygen atoms in total. The monoisotopic (exact) mass is 256 g/mol. The molecule has 1 atom stereocenters. The molecule has 0 aliphatic carbocycles. The van der Waals surface area contributed by atoms with E-state index in [0.717, 1.165) is 19.3 Å². The van der Waals surface area contributed by atoms with Crippen molar-refractivity contribution in [3.05, 3.63) is 12.2 Å². The van der Waals surface area contributed by atoms with E-state index in [-0.39, 0.29) is 0 Å². The van der Waals surface area contributed by atoms with Crippen LogP contribution in [-0.4, -0.2) is 24.3 Å². The van der Waals surface area contributed by atoms with Crippen LogP contribution in [0.2, 0.25) is 0 Å². The number of carboxylic acid groups (broad SMARTS) is 1. The first-order valence-corrected chi connectivity index (χ1v) is 7.13. The zero-order valence-electron chi connectivity index (χ0n) is 11.9. The number of ether oxygens (including phenoxy) is 1. The Balaban J connectivity index is 3.35. The zero-order valence-corrected chi connectivity index (χ0v) is 11.9. The second-order valence-corrected chi connectivity index (χ2v) is 4.67. The molecule has 0 saturated carbocycles. The molecule has 0 aliphatic rings. The number of allylic oxidation sites excluding steroid dienone is 2. The molecule has 0 aromatic heterocycles. The lowest BCUT2D eigenvalue weighted by Gasteiger charge is -2.08. The number of aliphatic carboxylic acids is 1. The maximum absolute atomic E-state index is 10.7. The largest absolute Gasteiger partial charge is 0.479 e. The van der Waals surface area contributed by atoms with E-state index >= 15 is 0 Å². The van der Waals surface area contributed by atoms with E-state index in [0.29, 0.717) is 6.42 Å². The third kappa shape index (κ3) is 10.3. The number of hydrogen-bond donors (Lipinski definition) is 1. The molecule has 0 spiro atoms. The summed E-state index contributed by atoms with van der Waals surface area (Å²) in [6, 6.07) is 0. The topological polar surface area (TPSA) is 46.5 Å². The molecule has 1 N–H and O–H groups in total. The number of hydrogen-bond acceptors (Lipinski definition) is 2. The average Bonchev–Trinajstić information content (AvgIpc) is 2.35. The Labute approximate surface area is 111 Å². The first kappa shape index (κ1) is 17.2. The summed E-state index contributed by atoms with van der Waals surface area (Å²) < 4.78 is 4.87. The second-order valence-electron chi connectivity index (χ2n) is 4.67. The van der Waals surface area contributed by atoms with Crippen molar-refractivity contribution in [2.75, 3.05) is 7.11 Å². The first-order chi connectivity index (χ1) is 8.72. The van der Waals surface area contributed by atoms with Gasteiger partial charge < -0.3 is 9.84 Å². The van der Waals surface area contributed by atoms with E-state index in [4.69, 9.17) is 9.84 Å². The lowest BCUT2D eigenvalue weighted by molar-refractivity contribution is -0.148. The molecule has 0 heterocycles. The third-order valence-corrected chi connectivity index (χ3v) is 3.04. The highest BCUT2D eigenvalue weighted by molar-refractivity contribution is 5.72. The van der Waals surface area contributed by atoms with E-state index in [1.54, 1.807) is 0 Å². The van der Waals surface area contributed by atoms with Gasteiger partial charge in [0, 0.05) is 7.11 Å². The summed E-state index contributed by atoms with van der Waals surface area (Å²) in [6.45, 7) is 2.23. The summed E-state index contributed by atoms with van der Waals surface area (Å²) in [5.74, 6) is -0.864. The van der Waals surface area contributed by atoms with Gasteiger partial charge in [-0.25, -0.2) is 4.79 Å². The van der Waals surface area contributed by atoms with Gasteiger partial charge in [-0.15, -0.1) is 0 Å². The molecular formula is C15H28O3. The van der Waals surface area contributed by atoms with Crippen LogP contribution < -0.4 is 0 Å². The molecule has 0 radical (unpaired) electrons. The third-order valence-electron chi connectivity index (χ3n) is 3.04. The molecule has 106 valence electrons.